The van der Waals surface area contributed by atoms with Crippen molar-refractivity contribution in [1.82, 2.24) is 29.0 Å². The molecule has 0 aliphatic carbocycles. The maximum atomic E-state index is 11.9. The first-order chi connectivity index (χ1) is 20.3. The van der Waals surface area contributed by atoms with Gasteiger partial charge < -0.3 is 14.4 Å². The van der Waals surface area contributed by atoms with E-state index in [4.69, 9.17) is 19.4 Å². The van der Waals surface area contributed by atoms with Crippen molar-refractivity contribution in [2.45, 2.75) is 26.4 Å². The molecule has 2 aliphatic heterocycles. The normalized spacial score (nSPS) is 17.3. The number of morpholine rings is 1. The lowest BCUT2D eigenvalue weighted by atomic mass is 10.1. The van der Waals surface area contributed by atoms with Crippen molar-refractivity contribution in [1.29, 1.82) is 0 Å². The van der Waals surface area contributed by atoms with E-state index < -0.39 is 10.0 Å². The van der Waals surface area contributed by atoms with Gasteiger partial charge in [0, 0.05) is 61.6 Å². The molecule has 0 unspecified atom stereocenters. The number of carbonyl (C=O) groups excluding carboxylic acids is 1. The Labute approximate surface area is 248 Å². The topological polar surface area (TPSA) is 123 Å². The van der Waals surface area contributed by atoms with Crippen LogP contribution in [-0.4, -0.2) is 109 Å². The molecular formula is C28H35N7O5S2. The first-order valence-corrected chi connectivity index (χ1v) is 16.9. The Morgan fingerprint density at radius 1 is 1.10 bits per heavy atom. The molecular weight excluding hydrogens is 578 g/mol. The van der Waals surface area contributed by atoms with Crippen molar-refractivity contribution in [3.05, 3.63) is 35.3 Å². The summed E-state index contributed by atoms with van der Waals surface area (Å²) in [5.41, 5.74) is 2.69. The third kappa shape index (κ3) is 6.13. The Hall–Kier alpha value is -3.17. The highest BCUT2D eigenvalue weighted by molar-refractivity contribution is 7.88. The molecule has 2 aliphatic rings. The molecule has 0 bridgehead atoms. The summed E-state index contributed by atoms with van der Waals surface area (Å²) >= 11 is 1.70. The van der Waals surface area contributed by atoms with E-state index in [1.807, 2.05) is 29.1 Å². The lowest BCUT2D eigenvalue weighted by Gasteiger charge is -2.32. The average molecular weight is 614 g/mol. The summed E-state index contributed by atoms with van der Waals surface area (Å²) in [5.74, 6) is 1.29. The van der Waals surface area contributed by atoms with E-state index >= 15 is 0 Å². The number of anilines is 1. The molecule has 3 aromatic heterocycles. The number of ether oxygens (including phenoxy) is 2. The van der Waals surface area contributed by atoms with Crippen LogP contribution in [0.3, 0.4) is 0 Å². The molecule has 0 spiro atoms. The number of esters is 1. The lowest BCUT2D eigenvalue weighted by molar-refractivity contribution is -0.143. The number of carbonyl (C=O) groups is 1. The average Bonchev–Trinajstić information content (AvgIpc) is 3.59. The van der Waals surface area contributed by atoms with Crippen LogP contribution in [0, 0.1) is 0 Å². The smallest absolute Gasteiger partial charge is 0.307 e. The SMILES string of the molecule is CCOC(=O)CCn1ncc2c(-c3nc(N4CCOCC4)c4sc(CN5CCN(S(C)(=O)=O)CC5)cc4n3)cccc21. The van der Waals surface area contributed by atoms with Gasteiger partial charge in [-0.15, -0.1) is 11.3 Å². The van der Waals surface area contributed by atoms with E-state index in [0.29, 0.717) is 58.4 Å². The zero-order valence-electron chi connectivity index (χ0n) is 23.9. The molecule has 0 N–H and O–H groups in total. The lowest BCUT2D eigenvalue weighted by Crippen LogP contribution is -2.47. The van der Waals surface area contributed by atoms with Crippen molar-refractivity contribution in [2.75, 3.05) is 70.2 Å². The second kappa shape index (κ2) is 12.2. The third-order valence-electron chi connectivity index (χ3n) is 7.66. The van der Waals surface area contributed by atoms with Crippen LogP contribution >= 0.6 is 11.3 Å². The summed E-state index contributed by atoms with van der Waals surface area (Å²) in [6, 6.07) is 8.11. The Bertz CT molecular complexity index is 1690. The van der Waals surface area contributed by atoms with Gasteiger partial charge in [0.1, 0.15) is 0 Å². The molecule has 12 nitrogen and oxygen atoms in total. The van der Waals surface area contributed by atoms with Crippen molar-refractivity contribution in [3.8, 4) is 11.4 Å². The standard InChI is InChI=1S/C28H35N7O5S2/c1-3-40-25(36)7-8-35-24-6-4-5-21(22(24)18-29-35)27-30-23-17-20(19-32-9-11-34(12-10-32)42(2,37)38)41-26(23)28(31-27)33-13-15-39-16-14-33/h4-6,17-18H,3,7-16,19H2,1-2H3. The van der Waals surface area contributed by atoms with Crippen molar-refractivity contribution in [3.63, 3.8) is 0 Å². The zero-order chi connectivity index (χ0) is 29.3. The number of benzene rings is 1. The fourth-order valence-electron chi connectivity index (χ4n) is 5.50. The molecule has 2 fully saturated rings. The molecule has 2 saturated heterocycles. The minimum Gasteiger partial charge on any atom is -0.466 e. The Balaban J connectivity index is 1.32. The van der Waals surface area contributed by atoms with E-state index in [0.717, 1.165) is 52.1 Å². The van der Waals surface area contributed by atoms with Crippen molar-refractivity contribution >= 4 is 54.3 Å². The van der Waals surface area contributed by atoms with Gasteiger partial charge in [-0.3, -0.25) is 14.4 Å². The van der Waals surface area contributed by atoms with E-state index in [2.05, 4.69) is 21.0 Å². The predicted molar refractivity (Wildman–Crippen MR) is 162 cm³/mol. The minimum absolute atomic E-state index is 0.244. The maximum absolute atomic E-state index is 11.9. The molecule has 1 aromatic carbocycles. The summed E-state index contributed by atoms with van der Waals surface area (Å²) in [5, 5.41) is 5.48. The number of hydrogen-bond acceptors (Lipinski definition) is 11. The summed E-state index contributed by atoms with van der Waals surface area (Å²) in [4.78, 5) is 27.8. The fraction of sp³-hybridized carbons (Fsp3) is 0.500. The van der Waals surface area contributed by atoms with Crippen molar-refractivity contribution in [2.24, 2.45) is 0 Å². The second-order valence-corrected chi connectivity index (χ2v) is 13.6. The van der Waals surface area contributed by atoms with Gasteiger partial charge in [0.2, 0.25) is 10.0 Å². The number of nitrogens with zero attached hydrogens (tertiary/aromatic N) is 7. The van der Waals surface area contributed by atoms with Crippen LogP contribution in [0.4, 0.5) is 5.82 Å². The summed E-state index contributed by atoms with van der Waals surface area (Å²) in [6.45, 7) is 8.51. The number of piperazine rings is 1. The van der Waals surface area contributed by atoms with Crippen LogP contribution in [0.15, 0.2) is 30.5 Å². The summed E-state index contributed by atoms with van der Waals surface area (Å²) in [6.07, 6.45) is 3.33. The predicted octanol–water partition coefficient (Wildman–Crippen LogP) is 2.58. The number of sulfonamides is 1. The van der Waals surface area contributed by atoms with Crippen LogP contribution in [-0.2, 0) is 37.4 Å². The van der Waals surface area contributed by atoms with Crippen LogP contribution in [0.5, 0.6) is 0 Å². The largest absolute Gasteiger partial charge is 0.466 e. The van der Waals surface area contributed by atoms with E-state index in [1.165, 1.54) is 11.1 Å². The number of aryl methyl sites for hydroxylation is 1. The maximum Gasteiger partial charge on any atom is 0.307 e. The molecule has 224 valence electrons. The summed E-state index contributed by atoms with van der Waals surface area (Å²) in [7, 11) is -3.17. The van der Waals surface area contributed by atoms with E-state index in [-0.39, 0.29) is 12.4 Å². The van der Waals surface area contributed by atoms with Crippen LogP contribution in [0.25, 0.3) is 32.5 Å². The van der Waals surface area contributed by atoms with Gasteiger partial charge in [-0.05, 0) is 19.1 Å². The van der Waals surface area contributed by atoms with E-state index in [9.17, 15) is 13.2 Å². The summed E-state index contributed by atoms with van der Waals surface area (Å²) < 4.78 is 39.0. The third-order valence-corrected chi connectivity index (χ3v) is 10.1. The highest BCUT2D eigenvalue weighted by atomic mass is 32.2. The second-order valence-electron chi connectivity index (χ2n) is 10.5. The molecule has 4 aromatic rings. The Morgan fingerprint density at radius 3 is 2.62 bits per heavy atom. The molecule has 14 heteroatoms. The van der Waals surface area contributed by atoms with Gasteiger partial charge in [-0.2, -0.15) is 9.40 Å². The quantitative estimate of drug-likeness (QED) is 0.260. The highest BCUT2D eigenvalue weighted by Gasteiger charge is 2.25. The highest BCUT2D eigenvalue weighted by Crippen LogP contribution is 2.36. The molecule has 0 radical (unpaired) electrons. The molecule has 0 amide bonds. The molecule has 6 rings (SSSR count). The Kier molecular flexibility index (Phi) is 8.41. The number of hydrogen-bond donors (Lipinski definition) is 0. The first-order valence-electron chi connectivity index (χ1n) is 14.2. The fourth-order valence-corrected chi connectivity index (χ4v) is 7.48. The molecule has 0 saturated carbocycles. The zero-order valence-corrected chi connectivity index (χ0v) is 25.5. The molecule has 42 heavy (non-hydrogen) atoms. The van der Waals surface area contributed by atoms with Gasteiger partial charge >= 0.3 is 5.97 Å². The van der Waals surface area contributed by atoms with Gasteiger partial charge in [0.05, 0.1) is 61.0 Å². The van der Waals surface area contributed by atoms with Gasteiger partial charge in [0.25, 0.3) is 0 Å². The van der Waals surface area contributed by atoms with Gasteiger partial charge in [-0.1, -0.05) is 12.1 Å². The monoisotopic (exact) mass is 613 g/mol. The van der Waals surface area contributed by atoms with Crippen LogP contribution < -0.4 is 4.90 Å². The molecule has 0 atom stereocenters. The van der Waals surface area contributed by atoms with Gasteiger partial charge in [-0.25, -0.2) is 18.4 Å². The molecule has 5 heterocycles. The first kappa shape index (κ1) is 28.9. The number of fused-ring (bicyclic) bond motifs is 2. The number of aromatic nitrogens is 4. The van der Waals surface area contributed by atoms with Crippen LogP contribution in [0.1, 0.15) is 18.2 Å². The Morgan fingerprint density at radius 2 is 1.88 bits per heavy atom. The van der Waals surface area contributed by atoms with Crippen LogP contribution in [0.2, 0.25) is 0 Å². The minimum atomic E-state index is -3.17. The van der Waals surface area contributed by atoms with E-state index in [1.54, 1.807) is 22.6 Å². The number of thiophene rings is 1. The number of rotatable bonds is 9. The van der Waals surface area contributed by atoms with Gasteiger partial charge in [0.15, 0.2) is 11.6 Å². The van der Waals surface area contributed by atoms with Crippen molar-refractivity contribution < 1.29 is 22.7 Å².